The molecule has 7 heteroatoms. The molecule has 1 amide bonds. The third-order valence-electron chi connectivity index (χ3n) is 5.88. The Balaban J connectivity index is 1.63. The molecule has 1 fully saturated rings. The van der Waals surface area contributed by atoms with Crippen LogP contribution in [0.4, 0.5) is 0 Å². The summed E-state index contributed by atoms with van der Waals surface area (Å²) in [5.41, 5.74) is 3.38. The second kappa shape index (κ2) is 10.3. The fraction of sp³-hybridized carbons (Fsp3) is 0.222. The number of aryl methyl sites for hydroxylation is 1. The monoisotopic (exact) mass is 458 g/mol. The summed E-state index contributed by atoms with van der Waals surface area (Å²) in [4.78, 5) is 31.2. The zero-order valence-electron chi connectivity index (χ0n) is 19.1. The molecule has 0 radical (unpaired) electrons. The first kappa shape index (κ1) is 23.2. The van der Waals surface area contributed by atoms with E-state index in [-0.39, 0.29) is 24.5 Å². The van der Waals surface area contributed by atoms with Crippen LogP contribution in [-0.2, 0) is 20.9 Å². The maximum Gasteiger partial charge on any atom is 0.295 e. The van der Waals surface area contributed by atoms with E-state index in [1.165, 1.54) is 12.0 Å². The number of amides is 1. The normalized spacial score (nSPS) is 17.2. The lowest BCUT2D eigenvalue weighted by atomic mass is 9.96. The van der Waals surface area contributed by atoms with Crippen molar-refractivity contribution in [1.82, 2.24) is 9.88 Å². The minimum Gasteiger partial charge on any atom is -0.507 e. The molecule has 2 heterocycles. The van der Waals surface area contributed by atoms with Gasteiger partial charge in [0.2, 0.25) is 0 Å². The number of ether oxygens (including phenoxy) is 2. The summed E-state index contributed by atoms with van der Waals surface area (Å²) in [7, 11) is 1.53. The molecule has 1 aliphatic heterocycles. The summed E-state index contributed by atoms with van der Waals surface area (Å²) in [5, 5.41) is 11.1. The Labute approximate surface area is 198 Å². The van der Waals surface area contributed by atoms with E-state index in [2.05, 4.69) is 4.98 Å². The molecule has 4 rings (SSSR count). The lowest BCUT2D eigenvalue weighted by molar-refractivity contribution is -0.140. The van der Waals surface area contributed by atoms with E-state index in [0.717, 1.165) is 11.1 Å². The van der Waals surface area contributed by atoms with Gasteiger partial charge in [-0.25, -0.2) is 0 Å². The summed E-state index contributed by atoms with van der Waals surface area (Å²) in [6.45, 7) is 2.93. The Bertz CT molecular complexity index is 1210. The van der Waals surface area contributed by atoms with Gasteiger partial charge in [-0.1, -0.05) is 24.3 Å². The van der Waals surface area contributed by atoms with E-state index in [1.54, 1.807) is 48.8 Å². The zero-order valence-corrected chi connectivity index (χ0v) is 19.1. The summed E-state index contributed by atoms with van der Waals surface area (Å²) in [5.74, 6) is -0.995. The van der Waals surface area contributed by atoms with E-state index in [9.17, 15) is 14.7 Å². The SMILES string of the molecule is COCCN1C(=O)C(=O)/C(=C(\O)c2ccc(OCc3ccccc3C)cc2)C1c1ccncc1. The summed E-state index contributed by atoms with van der Waals surface area (Å²) in [6, 6.07) is 17.5. The molecule has 34 heavy (non-hydrogen) atoms. The Morgan fingerprint density at radius 3 is 2.41 bits per heavy atom. The number of Topliss-reactive ketones (excluding diaryl/α,β-unsaturated/α-hetero) is 1. The van der Waals surface area contributed by atoms with Crippen LogP contribution in [0.1, 0.15) is 28.3 Å². The maximum absolute atomic E-state index is 12.9. The minimum atomic E-state index is -0.727. The number of ketones is 1. The van der Waals surface area contributed by atoms with Gasteiger partial charge < -0.3 is 19.5 Å². The highest BCUT2D eigenvalue weighted by Crippen LogP contribution is 2.39. The predicted octanol–water partition coefficient (Wildman–Crippen LogP) is 4.04. The van der Waals surface area contributed by atoms with E-state index in [4.69, 9.17) is 9.47 Å². The number of benzene rings is 2. The number of aliphatic hydroxyl groups is 1. The number of likely N-dealkylation sites (tertiary alicyclic amines) is 1. The molecule has 0 bridgehead atoms. The number of carbonyl (C=O) groups is 2. The highest BCUT2D eigenvalue weighted by atomic mass is 16.5. The van der Waals surface area contributed by atoms with Crippen molar-refractivity contribution in [2.45, 2.75) is 19.6 Å². The van der Waals surface area contributed by atoms with Crippen LogP contribution in [0, 0.1) is 6.92 Å². The van der Waals surface area contributed by atoms with Gasteiger partial charge in [0.1, 0.15) is 18.1 Å². The molecule has 3 aromatic rings. The van der Waals surface area contributed by atoms with Gasteiger partial charge in [-0.15, -0.1) is 0 Å². The number of hydrogen-bond acceptors (Lipinski definition) is 6. The van der Waals surface area contributed by atoms with Gasteiger partial charge in [0, 0.05) is 31.6 Å². The van der Waals surface area contributed by atoms with Gasteiger partial charge in [-0.2, -0.15) is 0 Å². The largest absolute Gasteiger partial charge is 0.507 e. The van der Waals surface area contributed by atoms with Gasteiger partial charge in [0.25, 0.3) is 11.7 Å². The maximum atomic E-state index is 12.9. The molecule has 7 nitrogen and oxygen atoms in total. The molecule has 1 N–H and O–H groups in total. The van der Waals surface area contributed by atoms with Gasteiger partial charge in [0.05, 0.1) is 18.2 Å². The van der Waals surface area contributed by atoms with Crippen molar-refractivity contribution in [3.8, 4) is 5.75 Å². The Kier molecular flexibility index (Phi) is 7.04. The fourth-order valence-electron chi connectivity index (χ4n) is 3.99. The quantitative estimate of drug-likeness (QED) is 0.311. The molecule has 2 aromatic carbocycles. The van der Waals surface area contributed by atoms with Crippen LogP contribution < -0.4 is 4.74 Å². The van der Waals surface area contributed by atoms with Crippen molar-refractivity contribution in [3.05, 3.63) is 101 Å². The number of aliphatic hydroxyl groups excluding tert-OH is 1. The average Bonchev–Trinajstić information content (AvgIpc) is 3.12. The molecule has 1 saturated heterocycles. The zero-order chi connectivity index (χ0) is 24.1. The fourth-order valence-corrected chi connectivity index (χ4v) is 3.99. The summed E-state index contributed by atoms with van der Waals surface area (Å²) in [6.07, 6.45) is 3.18. The molecule has 1 aliphatic rings. The van der Waals surface area contributed by atoms with Crippen molar-refractivity contribution in [3.63, 3.8) is 0 Å². The van der Waals surface area contributed by atoms with E-state index in [1.807, 2.05) is 31.2 Å². The Hall–Kier alpha value is -3.97. The molecule has 174 valence electrons. The topological polar surface area (TPSA) is 89.0 Å². The lowest BCUT2D eigenvalue weighted by Gasteiger charge is -2.24. The van der Waals surface area contributed by atoms with Crippen molar-refractivity contribution in [1.29, 1.82) is 0 Å². The summed E-state index contributed by atoms with van der Waals surface area (Å²) < 4.78 is 11.0. The number of aromatic nitrogens is 1. The molecule has 0 saturated carbocycles. The molecule has 0 spiro atoms. The van der Waals surface area contributed by atoms with Crippen LogP contribution in [-0.4, -0.2) is 46.9 Å². The third kappa shape index (κ3) is 4.70. The molecular weight excluding hydrogens is 432 g/mol. The van der Waals surface area contributed by atoms with Crippen LogP contribution in [0.2, 0.25) is 0 Å². The van der Waals surface area contributed by atoms with Crippen LogP contribution in [0.3, 0.4) is 0 Å². The van der Waals surface area contributed by atoms with Crippen molar-refractivity contribution in [2.75, 3.05) is 20.3 Å². The standard InChI is InChI=1S/C27H26N2O5/c1-18-5-3-4-6-21(18)17-34-22-9-7-20(8-10-22)25(30)23-24(19-11-13-28-14-12-19)29(15-16-33-2)27(32)26(23)31/h3-14,24,30H,15-17H2,1-2H3/b25-23-. The third-order valence-corrected chi connectivity index (χ3v) is 5.88. The second-order valence-electron chi connectivity index (χ2n) is 8.01. The van der Waals surface area contributed by atoms with Crippen molar-refractivity contribution < 1.29 is 24.2 Å². The summed E-state index contributed by atoms with van der Waals surface area (Å²) >= 11 is 0. The smallest absolute Gasteiger partial charge is 0.295 e. The highest BCUT2D eigenvalue weighted by Gasteiger charge is 2.45. The molecule has 0 aliphatic carbocycles. The highest BCUT2D eigenvalue weighted by molar-refractivity contribution is 6.46. The second-order valence-corrected chi connectivity index (χ2v) is 8.01. The average molecular weight is 459 g/mol. The van der Waals surface area contributed by atoms with E-state index < -0.39 is 17.7 Å². The minimum absolute atomic E-state index is 0.0425. The number of methoxy groups -OCH3 is 1. The molecule has 1 aromatic heterocycles. The van der Waals surface area contributed by atoms with Crippen molar-refractivity contribution in [2.24, 2.45) is 0 Å². The van der Waals surface area contributed by atoms with Crippen LogP contribution in [0.25, 0.3) is 5.76 Å². The number of hydrogen-bond donors (Lipinski definition) is 1. The number of rotatable bonds is 8. The molecular formula is C27H26N2O5. The molecule has 1 atom stereocenters. The molecule has 1 unspecified atom stereocenters. The van der Waals surface area contributed by atoms with Crippen LogP contribution >= 0.6 is 0 Å². The Morgan fingerprint density at radius 1 is 1.03 bits per heavy atom. The van der Waals surface area contributed by atoms with E-state index >= 15 is 0 Å². The van der Waals surface area contributed by atoms with Crippen LogP contribution in [0.5, 0.6) is 5.75 Å². The number of nitrogens with zero attached hydrogens (tertiary/aromatic N) is 2. The van der Waals surface area contributed by atoms with Crippen molar-refractivity contribution >= 4 is 17.4 Å². The predicted molar refractivity (Wildman–Crippen MR) is 127 cm³/mol. The van der Waals surface area contributed by atoms with Gasteiger partial charge in [-0.05, 0) is 60.0 Å². The van der Waals surface area contributed by atoms with Gasteiger partial charge in [-0.3, -0.25) is 14.6 Å². The Morgan fingerprint density at radius 2 is 1.74 bits per heavy atom. The lowest BCUT2D eigenvalue weighted by Crippen LogP contribution is -2.32. The van der Waals surface area contributed by atoms with Gasteiger partial charge in [0.15, 0.2) is 0 Å². The first-order chi connectivity index (χ1) is 16.5. The number of carbonyl (C=O) groups excluding carboxylic acids is 2. The van der Waals surface area contributed by atoms with Gasteiger partial charge >= 0.3 is 0 Å². The first-order valence-corrected chi connectivity index (χ1v) is 11.0. The van der Waals surface area contributed by atoms with E-state index in [0.29, 0.717) is 23.5 Å². The number of pyridine rings is 1. The first-order valence-electron chi connectivity index (χ1n) is 11.0. The van der Waals surface area contributed by atoms with Crippen LogP contribution in [0.15, 0.2) is 78.6 Å².